The second-order valence-corrected chi connectivity index (χ2v) is 6.47. The standard InChI is InChI=1S/C21H25N3O3/c1-14-10-15(2)12-16(11-14)13-22-9-8-19-23-21(24-27-19)20-17(25-3)6-5-7-18(20)26-4/h5-7,10-12,22H,8-9,13H2,1-4H3. The van der Waals surface area contributed by atoms with E-state index in [-0.39, 0.29) is 0 Å². The van der Waals surface area contributed by atoms with Gasteiger partial charge in [-0.2, -0.15) is 4.98 Å². The van der Waals surface area contributed by atoms with Gasteiger partial charge in [-0.25, -0.2) is 0 Å². The molecular weight excluding hydrogens is 342 g/mol. The van der Waals surface area contributed by atoms with Crippen LogP contribution in [0.5, 0.6) is 11.5 Å². The van der Waals surface area contributed by atoms with Gasteiger partial charge in [0.05, 0.1) is 14.2 Å². The summed E-state index contributed by atoms with van der Waals surface area (Å²) in [5, 5.41) is 7.51. The number of nitrogens with one attached hydrogen (secondary N) is 1. The maximum atomic E-state index is 5.40. The van der Waals surface area contributed by atoms with E-state index in [1.165, 1.54) is 16.7 Å². The van der Waals surface area contributed by atoms with E-state index in [0.29, 0.717) is 35.2 Å². The normalized spacial score (nSPS) is 10.8. The SMILES string of the molecule is COc1cccc(OC)c1-c1noc(CCNCc2cc(C)cc(C)c2)n1. The summed E-state index contributed by atoms with van der Waals surface area (Å²) >= 11 is 0. The third-order valence-corrected chi connectivity index (χ3v) is 4.25. The molecule has 142 valence electrons. The topological polar surface area (TPSA) is 69.4 Å². The monoisotopic (exact) mass is 367 g/mol. The van der Waals surface area contributed by atoms with E-state index in [0.717, 1.165) is 13.1 Å². The highest BCUT2D eigenvalue weighted by Crippen LogP contribution is 2.36. The van der Waals surface area contributed by atoms with Crippen LogP contribution in [0.1, 0.15) is 22.6 Å². The van der Waals surface area contributed by atoms with Crippen LogP contribution in [0.3, 0.4) is 0 Å². The zero-order chi connectivity index (χ0) is 19.2. The summed E-state index contributed by atoms with van der Waals surface area (Å²) < 4.78 is 16.2. The Kier molecular flexibility index (Phi) is 6.08. The molecule has 0 aliphatic carbocycles. The first kappa shape index (κ1) is 18.9. The third kappa shape index (κ3) is 4.65. The van der Waals surface area contributed by atoms with Gasteiger partial charge in [0, 0.05) is 19.5 Å². The number of benzene rings is 2. The average Bonchev–Trinajstić information content (AvgIpc) is 3.12. The highest BCUT2D eigenvalue weighted by Gasteiger charge is 2.18. The van der Waals surface area contributed by atoms with Gasteiger partial charge in [-0.05, 0) is 31.5 Å². The molecule has 0 aliphatic heterocycles. The number of aromatic nitrogens is 2. The van der Waals surface area contributed by atoms with Crippen molar-refractivity contribution in [3.05, 3.63) is 59.0 Å². The first-order valence-corrected chi connectivity index (χ1v) is 8.92. The molecule has 0 saturated carbocycles. The molecule has 0 spiro atoms. The predicted molar refractivity (Wildman–Crippen MR) is 104 cm³/mol. The molecular formula is C21H25N3O3. The number of nitrogens with zero attached hydrogens (tertiary/aromatic N) is 2. The van der Waals surface area contributed by atoms with Crippen molar-refractivity contribution >= 4 is 0 Å². The Morgan fingerprint density at radius 2 is 1.67 bits per heavy atom. The lowest BCUT2D eigenvalue weighted by atomic mass is 10.1. The van der Waals surface area contributed by atoms with Gasteiger partial charge in [0.15, 0.2) is 0 Å². The minimum absolute atomic E-state index is 0.466. The van der Waals surface area contributed by atoms with E-state index in [4.69, 9.17) is 14.0 Å². The summed E-state index contributed by atoms with van der Waals surface area (Å²) in [5.41, 5.74) is 4.52. The van der Waals surface area contributed by atoms with E-state index in [2.05, 4.69) is 47.5 Å². The van der Waals surface area contributed by atoms with Gasteiger partial charge in [0.1, 0.15) is 17.1 Å². The second kappa shape index (κ2) is 8.68. The van der Waals surface area contributed by atoms with Crippen LogP contribution in [0, 0.1) is 13.8 Å². The lowest BCUT2D eigenvalue weighted by Crippen LogP contribution is -2.17. The fourth-order valence-corrected chi connectivity index (χ4v) is 3.13. The van der Waals surface area contributed by atoms with Crippen molar-refractivity contribution in [3.63, 3.8) is 0 Å². The zero-order valence-corrected chi connectivity index (χ0v) is 16.2. The van der Waals surface area contributed by atoms with Gasteiger partial charge in [-0.3, -0.25) is 0 Å². The molecule has 6 nitrogen and oxygen atoms in total. The van der Waals surface area contributed by atoms with E-state index >= 15 is 0 Å². The second-order valence-electron chi connectivity index (χ2n) is 6.47. The van der Waals surface area contributed by atoms with Crippen LogP contribution in [-0.4, -0.2) is 30.9 Å². The molecule has 0 aliphatic rings. The average molecular weight is 367 g/mol. The number of hydrogen-bond donors (Lipinski definition) is 1. The molecule has 0 fully saturated rings. The summed E-state index contributed by atoms with van der Waals surface area (Å²) in [4.78, 5) is 4.49. The molecule has 0 radical (unpaired) electrons. The molecule has 0 unspecified atom stereocenters. The molecule has 3 rings (SSSR count). The molecule has 1 N–H and O–H groups in total. The molecule has 0 amide bonds. The quantitative estimate of drug-likeness (QED) is 0.612. The molecule has 2 aromatic carbocycles. The lowest BCUT2D eigenvalue weighted by Gasteiger charge is -2.09. The highest BCUT2D eigenvalue weighted by atomic mass is 16.5. The maximum Gasteiger partial charge on any atom is 0.228 e. The van der Waals surface area contributed by atoms with Crippen molar-refractivity contribution < 1.29 is 14.0 Å². The summed E-state index contributed by atoms with van der Waals surface area (Å²) in [7, 11) is 3.21. The fraction of sp³-hybridized carbons (Fsp3) is 0.333. The summed E-state index contributed by atoms with van der Waals surface area (Å²) in [6, 6.07) is 12.1. The van der Waals surface area contributed by atoms with Crippen LogP contribution < -0.4 is 14.8 Å². The number of methoxy groups -OCH3 is 2. The van der Waals surface area contributed by atoms with Crippen LogP contribution in [0.4, 0.5) is 0 Å². The highest BCUT2D eigenvalue weighted by molar-refractivity contribution is 5.71. The minimum atomic E-state index is 0.466. The summed E-state index contributed by atoms with van der Waals surface area (Å²) in [6.45, 7) is 5.78. The van der Waals surface area contributed by atoms with Crippen molar-refractivity contribution in [2.24, 2.45) is 0 Å². The number of hydrogen-bond acceptors (Lipinski definition) is 6. The largest absolute Gasteiger partial charge is 0.496 e. The maximum absolute atomic E-state index is 5.40. The zero-order valence-electron chi connectivity index (χ0n) is 16.2. The Hall–Kier alpha value is -2.86. The molecule has 3 aromatic rings. The molecule has 0 bridgehead atoms. The van der Waals surface area contributed by atoms with E-state index in [1.807, 2.05) is 18.2 Å². The molecule has 27 heavy (non-hydrogen) atoms. The Balaban J connectivity index is 1.62. The Labute approximate surface area is 159 Å². The van der Waals surface area contributed by atoms with E-state index < -0.39 is 0 Å². The Bertz CT molecular complexity index is 863. The molecule has 6 heteroatoms. The molecule has 1 aromatic heterocycles. The van der Waals surface area contributed by atoms with Gasteiger partial charge in [0.2, 0.25) is 11.7 Å². The van der Waals surface area contributed by atoms with Crippen LogP contribution in [0.2, 0.25) is 0 Å². The van der Waals surface area contributed by atoms with Gasteiger partial charge >= 0.3 is 0 Å². The van der Waals surface area contributed by atoms with Crippen LogP contribution in [-0.2, 0) is 13.0 Å². The van der Waals surface area contributed by atoms with Crippen molar-refractivity contribution in [1.29, 1.82) is 0 Å². The van der Waals surface area contributed by atoms with Crippen molar-refractivity contribution in [2.75, 3.05) is 20.8 Å². The fourth-order valence-electron chi connectivity index (χ4n) is 3.13. The first-order valence-electron chi connectivity index (χ1n) is 8.92. The van der Waals surface area contributed by atoms with Gasteiger partial charge in [0.25, 0.3) is 0 Å². The van der Waals surface area contributed by atoms with Crippen molar-refractivity contribution in [1.82, 2.24) is 15.5 Å². The number of aryl methyl sites for hydroxylation is 2. The predicted octanol–water partition coefficient (Wildman–Crippen LogP) is 3.70. The molecule has 0 saturated heterocycles. The summed E-state index contributed by atoms with van der Waals surface area (Å²) in [5.74, 6) is 2.34. The van der Waals surface area contributed by atoms with Crippen molar-refractivity contribution in [3.8, 4) is 22.9 Å². The van der Waals surface area contributed by atoms with E-state index in [1.54, 1.807) is 14.2 Å². The van der Waals surface area contributed by atoms with Gasteiger partial charge < -0.3 is 19.3 Å². The first-order chi connectivity index (χ1) is 13.1. The Morgan fingerprint density at radius 1 is 1.00 bits per heavy atom. The third-order valence-electron chi connectivity index (χ3n) is 4.25. The minimum Gasteiger partial charge on any atom is -0.496 e. The molecule has 1 heterocycles. The van der Waals surface area contributed by atoms with Gasteiger partial charge in [-0.15, -0.1) is 0 Å². The smallest absolute Gasteiger partial charge is 0.228 e. The van der Waals surface area contributed by atoms with Crippen molar-refractivity contribution in [2.45, 2.75) is 26.8 Å². The van der Waals surface area contributed by atoms with Gasteiger partial charge in [-0.1, -0.05) is 40.5 Å². The Morgan fingerprint density at radius 3 is 2.30 bits per heavy atom. The summed E-state index contributed by atoms with van der Waals surface area (Å²) in [6.07, 6.45) is 0.648. The van der Waals surface area contributed by atoms with Crippen LogP contribution in [0.15, 0.2) is 40.9 Å². The van der Waals surface area contributed by atoms with E-state index in [9.17, 15) is 0 Å². The van der Waals surface area contributed by atoms with Crippen LogP contribution in [0.25, 0.3) is 11.4 Å². The number of rotatable bonds is 8. The van der Waals surface area contributed by atoms with Crippen LogP contribution >= 0.6 is 0 Å². The molecule has 0 atom stereocenters. The number of ether oxygens (including phenoxy) is 2. The lowest BCUT2D eigenvalue weighted by molar-refractivity contribution is 0.374.